The van der Waals surface area contributed by atoms with Crippen LogP contribution in [0.2, 0.25) is 0 Å². The third-order valence-electron chi connectivity index (χ3n) is 4.87. The van der Waals surface area contributed by atoms with Crippen LogP contribution in [0.1, 0.15) is 27.8 Å². The van der Waals surface area contributed by atoms with Crippen molar-refractivity contribution in [3.63, 3.8) is 0 Å². The van der Waals surface area contributed by atoms with Crippen molar-refractivity contribution in [2.24, 2.45) is 0 Å². The molecule has 1 saturated heterocycles. The number of benzene rings is 2. The van der Waals surface area contributed by atoms with E-state index in [9.17, 15) is 9.18 Å². The number of nitrogens with one attached hydrogen (secondary N) is 1. The van der Waals surface area contributed by atoms with Gasteiger partial charge in [-0.1, -0.05) is 24.3 Å². The lowest BCUT2D eigenvalue weighted by atomic mass is 10.1. The highest BCUT2D eigenvalue weighted by atomic mass is 19.1. The molecule has 0 saturated carbocycles. The molecule has 3 aromatic rings. The minimum atomic E-state index is -0.934. The van der Waals surface area contributed by atoms with Gasteiger partial charge in [0.25, 0.3) is 0 Å². The van der Waals surface area contributed by atoms with Crippen LogP contribution in [0.15, 0.2) is 54.7 Å². The highest BCUT2D eigenvalue weighted by Gasteiger charge is 2.27. The van der Waals surface area contributed by atoms with Crippen LogP contribution in [0.3, 0.4) is 0 Å². The summed E-state index contributed by atoms with van der Waals surface area (Å²) in [6, 6.07) is 13.2. The number of carboxylic acids is 1. The van der Waals surface area contributed by atoms with Crippen LogP contribution in [0, 0.1) is 5.82 Å². The minimum Gasteiger partial charge on any atom is -0.478 e. The summed E-state index contributed by atoms with van der Waals surface area (Å²) < 4.78 is 19.1. The molecule has 1 aliphatic rings. The van der Waals surface area contributed by atoms with Gasteiger partial charge in [-0.3, -0.25) is 4.90 Å². The van der Waals surface area contributed by atoms with Gasteiger partial charge in [0.15, 0.2) is 0 Å². The maximum Gasteiger partial charge on any atom is 0.335 e. The second-order valence-electron chi connectivity index (χ2n) is 6.76. The molecule has 144 valence electrons. The second-order valence-corrected chi connectivity index (χ2v) is 6.76. The van der Waals surface area contributed by atoms with Crippen LogP contribution in [-0.4, -0.2) is 45.7 Å². The molecule has 1 atom stereocenters. The van der Waals surface area contributed by atoms with Crippen molar-refractivity contribution in [1.29, 1.82) is 0 Å². The Bertz CT molecular complexity index is 971. The molecule has 0 spiro atoms. The molecule has 6 nitrogen and oxygen atoms in total. The molecule has 0 amide bonds. The zero-order chi connectivity index (χ0) is 19.5. The summed E-state index contributed by atoms with van der Waals surface area (Å²) in [6.07, 6.45) is 1.71. The lowest BCUT2D eigenvalue weighted by molar-refractivity contribution is -0.0156. The van der Waals surface area contributed by atoms with Gasteiger partial charge in [-0.25, -0.2) is 14.2 Å². The summed E-state index contributed by atoms with van der Waals surface area (Å²) in [7, 11) is 0. The topological polar surface area (TPSA) is 78.4 Å². The van der Waals surface area contributed by atoms with E-state index in [1.165, 1.54) is 12.1 Å². The maximum absolute atomic E-state index is 13.5. The van der Waals surface area contributed by atoms with Crippen LogP contribution in [-0.2, 0) is 11.3 Å². The molecule has 0 bridgehead atoms. The zero-order valence-electron chi connectivity index (χ0n) is 15.1. The van der Waals surface area contributed by atoms with E-state index in [0.717, 1.165) is 29.2 Å². The fraction of sp³-hybridized carbons (Fsp3) is 0.238. The van der Waals surface area contributed by atoms with E-state index < -0.39 is 5.97 Å². The van der Waals surface area contributed by atoms with E-state index in [0.29, 0.717) is 19.8 Å². The third kappa shape index (κ3) is 3.95. The quantitative estimate of drug-likeness (QED) is 0.707. The number of rotatable bonds is 5. The monoisotopic (exact) mass is 381 g/mol. The Balaban J connectivity index is 1.53. The predicted octanol–water partition coefficient (Wildman–Crippen LogP) is 3.49. The number of imidazole rings is 1. The molecule has 2 aromatic carbocycles. The van der Waals surface area contributed by atoms with Crippen molar-refractivity contribution in [2.75, 3.05) is 19.8 Å². The molecule has 1 aliphatic heterocycles. The van der Waals surface area contributed by atoms with Crippen molar-refractivity contribution in [3.8, 4) is 11.3 Å². The Kier molecular flexibility index (Phi) is 5.18. The molecule has 0 aliphatic carbocycles. The fourth-order valence-electron chi connectivity index (χ4n) is 3.38. The van der Waals surface area contributed by atoms with Crippen molar-refractivity contribution in [3.05, 3.63) is 77.5 Å². The lowest BCUT2D eigenvalue weighted by Crippen LogP contribution is -2.39. The molecule has 1 aromatic heterocycles. The number of H-pyrrole nitrogens is 1. The summed E-state index contributed by atoms with van der Waals surface area (Å²) in [5.41, 5.74) is 2.79. The molecule has 0 unspecified atom stereocenters. The van der Waals surface area contributed by atoms with Gasteiger partial charge in [-0.2, -0.15) is 0 Å². The van der Waals surface area contributed by atoms with Gasteiger partial charge in [0.1, 0.15) is 11.6 Å². The number of carbonyl (C=O) groups is 1. The normalized spacial score (nSPS) is 17.5. The first-order valence-electron chi connectivity index (χ1n) is 9.05. The van der Waals surface area contributed by atoms with Crippen molar-refractivity contribution < 1.29 is 19.0 Å². The van der Waals surface area contributed by atoms with Crippen molar-refractivity contribution in [2.45, 2.75) is 12.6 Å². The van der Waals surface area contributed by atoms with Crippen LogP contribution in [0.25, 0.3) is 11.3 Å². The van der Waals surface area contributed by atoms with Gasteiger partial charge in [0.05, 0.1) is 36.7 Å². The lowest BCUT2D eigenvalue weighted by Gasteiger charge is -2.34. The SMILES string of the molecule is O=C(O)c1ccc(CN2CCOC[C@H]2c2ncc(-c3cccc(F)c3)[nH]2)cc1. The number of nitrogens with zero attached hydrogens (tertiary/aromatic N) is 2. The number of hydrogen-bond acceptors (Lipinski definition) is 4. The van der Waals surface area contributed by atoms with Crippen LogP contribution in [0.5, 0.6) is 0 Å². The first-order valence-corrected chi connectivity index (χ1v) is 9.05. The summed E-state index contributed by atoms with van der Waals surface area (Å²) in [6.45, 7) is 2.52. The fourth-order valence-corrected chi connectivity index (χ4v) is 3.38. The average Bonchev–Trinajstić information content (AvgIpc) is 3.19. The van der Waals surface area contributed by atoms with Crippen LogP contribution < -0.4 is 0 Å². The number of aromatic nitrogens is 2. The molecule has 28 heavy (non-hydrogen) atoms. The third-order valence-corrected chi connectivity index (χ3v) is 4.87. The Morgan fingerprint density at radius 1 is 1.29 bits per heavy atom. The highest BCUT2D eigenvalue weighted by Crippen LogP contribution is 2.27. The smallest absolute Gasteiger partial charge is 0.335 e. The van der Waals surface area contributed by atoms with E-state index >= 15 is 0 Å². The number of halogens is 1. The number of carboxylic acid groups (broad SMARTS) is 1. The number of morpholine rings is 1. The molecule has 2 N–H and O–H groups in total. The second kappa shape index (κ2) is 7.92. The van der Waals surface area contributed by atoms with Gasteiger partial charge in [0, 0.05) is 18.7 Å². The van der Waals surface area contributed by atoms with E-state index in [1.54, 1.807) is 24.4 Å². The highest BCUT2D eigenvalue weighted by molar-refractivity contribution is 5.87. The Hall–Kier alpha value is -3.03. The Morgan fingerprint density at radius 2 is 2.11 bits per heavy atom. The summed E-state index contributed by atoms with van der Waals surface area (Å²) >= 11 is 0. The molecule has 1 fully saturated rings. The first-order chi connectivity index (χ1) is 13.6. The summed E-state index contributed by atoms with van der Waals surface area (Å²) in [5, 5.41) is 9.04. The molecular weight excluding hydrogens is 361 g/mol. The van der Waals surface area contributed by atoms with E-state index in [4.69, 9.17) is 9.84 Å². The van der Waals surface area contributed by atoms with Gasteiger partial charge < -0.3 is 14.8 Å². The van der Waals surface area contributed by atoms with Crippen molar-refractivity contribution >= 4 is 5.97 Å². The predicted molar refractivity (Wildman–Crippen MR) is 101 cm³/mol. The molecule has 2 heterocycles. The number of ether oxygens (including phenoxy) is 1. The maximum atomic E-state index is 13.5. The van der Waals surface area contributed by atoms with Gasteiger partial charge in [0.2, 0.25) is 0 Å². The van der Waals surface area contributed by atoms with Crippen molar-refractivity contribution in [1.82, 2.24) is 14.9 Å². The number of aromatic amines is 1. The standard InChI is InChI=1S/C21H20FN3O3/c22-17-3-1-2-16(10-17)18-11-23-20(24-18)19-13-28-9-8-25(19)12-14-4-6-15(7-5-14)21(26)27/h1-7,10-11,19H,8-9,12-13H2,(H,23,24)(H,26,27)/t19-/m0/s1. The number of hydrogen-bond donors (Lipinski definition) is 2. The molecular formula is C21H20FN3O3. The molecule has 4 rings (SSSR count). The first kappa shape index (κ1) is 18.3. The minimum absolute atomic E-state index is 0.0600. The van der Waals surface area contributed by atoms with Crippen LogP contribution in [0.4, 0.5) is 4.39 Å². The molecule has 0 radical (unpaired) electrons. The average molecular weight is 381 g/mol. The van der Waals surface area contributed by atoms with Gasteiger partial charge >= 0.3 is 5.97 Å². The van der Waals surface area contributed by atoms with E-state index in [2.05, 4.69) is 14.9 Å². The Morgan fingerprint density at radius 3 is 2.86 bits per heavy atom. The summed E-state index contributed by atoms with van der Waals surface area (Å²) in [5.74, 6) is -0.460. The van der Waals surface area contributed by atoms with Gasteiger partial charge in [-0.05, 0) is 29.8 Å². The van der Waals surface area contributed by atoms with E-state index in [-0.39, 0.29) is 17.4 Å². The Labute approximate surface area is 161 Å². The van der Waals surface area contributed by atoms with E-state index in [1.807, 2.05) is 18.2 Å². The largest absolute Gasteiger partial charge is 0.478 e. The number of aromatic carboxylic acids is 1. The van der Waals surface area contributed by atoms with Gasteiger partial charge in [-0.15, -0.1) is 0 Å². The molecule has 7 heteroatoms. The summed E-state index contributed by atoms with van der Waals surface area (Å²) in [4.78, 5) is 21.0. The van der Waals surface area contributed by atoms with Crippen LogP contribution >= 0.6 is 0 Å². The zero-order valence-corrected chi connectivity index (χ0v) is 15.1.